The lowest BCUT2D eigenvalue weighted by atomic mass is 10.3. The van der Waals surface area contributed by atoms with E-state index in [1.807, 2.05) is 18.2 Å². The number of fused-ring (bicyclic) bond motifs is 1. The molecule has 0 spiro atoms. The Kier molecular flexibility index (Phi) is 6.84. The Hall–Kier alpha value is -3.09. The molecule has 0 saturated carbocycles. The lowest BCUT2D eigenvalue weighted by Gasteiger charge is -2.13. The van der Waals surface area contributed by atoms with E-state index >= 15 is 0 Å². The van der Waals surface area contributed by atoms with E-state index < -0.39 is 0 Å². The summed E-state index contributed by atoms with van der Waals surface area (Å²) in [6.07, 6.45) is 2.69. The molecule has 2 heterocycles. The van der Waals surface area contributed by atoms with E-state index in [9.17, 15) is 0 Å². The Balaban J connectivity index is 1.57. The number of aryl methyl sites for hydroxylation is 2. The van der Waals surface area contributed by atoms with Gasteiger partial charge in [0, 0.05) is 31.4 Å². The van der Waals surface area contributed by atoms with E-state index in [0.717, 1.165) is 48.9 Å². The van der Waals surface area contributed by atoms with Gasteiger partial charge in [0.25, 0.3) is 0 Å². The number of guanidine groups is 1. The molecule has 0 aliphatic rings. The predicted octanol–water partition coefficient (Wildman–Crippen LogP) is 2.89. The predicted molar refractivity (Wildman–Crippen MR) is 113 cm³/mol. The van der Waals surface area contributed by atoms with E-state index in [-0.39, 0.29) is 0 Å². The SMILES string of the molecule is CCNC(=NCc1cccnc1OC)NCCCn1c(C)nc2ccccc21. The molecule has 0 atom stereocenters. The zero-order valence-corrected chi connectivity index (χ0v) is 16.8. The molecule has 7 heteroatoms. The number of methoxy groups -OCH3 is 1. The molecular formula is C21H28N6O. The van der Waals surface area contributed by atoms with Crippen molar-refractivity contribution in [1.82, 2.24) is 25.2 Å². The maximum Gasteiger partial charge on any atom is 0.218 e. The summed E-state index contributed by atoms with van der Waals surface area (Å²) < 4.78 is 7.56. The fourth-order valence-corrected chi connectivity index (χ4v) is 3.16. The fourth-order valence-electron chi connectivity index (χ4n) is 3.16. The third-order valence-electron chi connectivity index (χ3n) is 4.49. The normalized spacial score (nSPS) is 11.6. The molecule has 3 aromatic rings. The summed E-state index contributed by atoms with van der Waals surface area (Å²) in [6.45, 7) is 7.17. The van der Waals surface area contributed by atoms with Crippen molar-refractivity contribution in [1.29, 1.82) is 0 Å². The first-order valence-electron chi connectivity index (χ1n) is 9.65. The Bertz CT molecular complexity index is 934. The number of imidazole rings is 1. The Labute approximate surface area is 165 Å². The molecule has 0 unspecified atom stereocenters. The van der Waals surface area contributed by atoms with Gasteiger partial charge in [-0.1, -0.05) is 18.2 Å². The van der Waals surface area contributed by atoms with Gasteiger partial charge in [-0.25, -0.2) is 15.0 Å². The van der Waals surface area contributed by atoms with Crippen LogP contribution in [0.15, 0.2) is 47.6 Å². The van der Waals surface area contributed by atoms with Crippen LogP contribution in [0.25, 0.3) is 11.0 Å². The summed E-state index contributed by atoms with van der Waals surface area (Å²) in [4.78, 5) is 13.5. The molecule has 0 aliphatic heterocycles. The van der Waals surface area contributed by atoms with E-state index in [1.54, 1.807) is 13.3 Å². The second-order valence-corrected chi connectivity index (χ2v) is 6.45. The van der Waals surface area contributed by atoms with E-state index in [2.05, 4.69) is 62.2 Å². The maximum absolute atomic E-state index is 5.29. The number of aliphatic imine (C=N–C) groups is 1. The average Bonchev–Trinajstić information content (AvgIpc) is 3.04. The van der Waals surface area contributed by atoms with Crippen LogP contribution < -0.4 is 15.4 Å². The fraction of sp³-hybridized carbons (Fsp3) is 0.381. The summed E-state index contributed by atoms with van der Waals surface area (Å²) in [5.41, 5.74) is 3.19. The smallest absolute Gasteiger partial charge is 0.218 e. The molecule has 0 bridgehead atoms. The highest BCUT2D eigenvalue weighted by atomic mass is 16.5. The van der Waals surface area contributed by atoms with Crippen LogP contribution in [0, 0.1) is 6.92 Å². The van der Waals surface area contributed by atoms with Crippen LogP contribution in [0.3, 0.4) is 0 Å². The lowest BCUT2D eigenvalue weighted by Crippen LogP contribution is -2.38. The van der Waals surface area contributed by atoms with Crippen molar-refractivity contribution in [2.24, 2.45) is 4.99 Å². The van der Waals surface area contributed by atoms with Crippen LogP contribution in [0.5, 0.6) is 5.88 Å². The molecule has 148 valence electrons. The number of hydrogen-bond donors (Lipinski definition) is 2. The molecule has 0 aliphatic carbocycles. The van der Waals surface area contributed by atoms with Gasteiger partial charge < -0.3 is 19.9 Å². The third-order valence-corrected chi connectivity index (χ3v) is 4.49. The number of aromatic nitrogens is 3. The highest BCUT2D eigenvalue weighted by Crippen LogP contribution is 2.16. The van der Waals surface area contributed by atoms with Crippen molar-refractivity contribution in [3.63, 3.8) is 0 Å². The summed E-state index contributed by atoms with van der Waals surface area (Å²) in [7, 11) is 1.63. The molecule has 0 saturated heterocycles. The quantitative estimate of drug-likeness (QED) is 0.357. The number of nitrogens with one attached hydrogen (secondary N) is 2. The summed E-state index contributed by atoms with van der Waals surface area (Å²) in [5, 5.41) is 6.69. The molecule has 7 nitrogen and oxygen atoms in total. The van der Waals surface area contributed by atoms with Gasteiger partial charge in [-0.3, -0.25) is 0 Å². The van der Waals surface area contributed by atoms with Crippen molar-refractivity contribution in [2.45, 2.75) is 33.4 Å². The highest BCUT2D eigenvalue weighted by Gasteiger charge is 2.07. The molecular weight excluding hydrogens is 352 g/mol. The van der Waals surface area contributed by atoms with Crippen molar-refractivity contribution in [3.8, 4) is 5.88 Å². The largest absolute Gasteiger partial charge is 0.481 e. The molecule has 2 aromatic heterocycles. The number of rotatable bonds is 8. The molecule has 3 rings (SSSR count). The van der Waals surface area contributed by atoms with Gasteiger partial charge >= 0.3 is 0 Å². The number of para-hydroxylation sites is 2. The Morgan fingerprint density at radius 1 is 1.18 bits per heavy atom. The minimum absolute atomic E-state index is 0.512. The zero-order valence-electron chi connectivity index (χ0n) is 16.8. The van der Waals surface area contributed by atoms with Crippen molar-refractivity contribution in [3.05, 3.63) is 54.0 Å². The minimum Gasteiger partial charge on any atom is -0.481 e. The molecule has 0 radical (unpaired) electrons. The maximum atomic E-state index is 5.29. The van der Waals surface area contributed by atoms with Gasteiger partial charge in [0.2, 0.25) is 5.88 Å². The highest BCUT2D eigenvalue weighted by molar-refractivity contribution is 5.79. The first-order chi connectivity index (χ1) is 13.7. The number of benzene rings is 1. The monoisotopic (exact) mass is 380 g/mol. The second kappa shape index (κ2) is 9.73. The zero-order chi connectivity index (χ0) is 19.8. The number of pyridine rings is 1. The van der Waals surface area contributed by atoms with Gasteiger partial charge in [0.1, 0.15) is 5.82 Å². The Morgan fingerprint density at radius 2 is 2.04 bits per heavy atom. The Morgan fingerprint density at radius 3 is 2.86 bits per heavy atom. The van der Waals surface area contributed by atoms with Crippen molar-refractivity contribution >= 4 is 17.0 Å². The van der Waals surface area contributed by atoms with Crippen LogP contribution in [0.1, 0.15) is 24.7 Å². The van der Waals surface area contributed by atoms with Crippen LogP contribution in [-0.2, 0) is 13.1 Å². The van der Waals surface area contributed by atoms with E-state index in [1.165, 1.54) is 5.52 Å². The topological polar surface area (TPSA) is 76.4 Å². The van der Waals surface area contributed by atoms with Crippen LogP contribution in [-0.4, -0.2) is 40.7 Å². The van der Waals surface area contributed by atoms with Gasteiger partial charge in [0.15, 0.2) is 5.96 Å². The first kappa shape index (κ1) is 19.7. The molecule has 0 amide bonds. The van der Waals surface area contributed by atoms with Crippen LogP contribution in [0.4, 0.5) is 0 Å². The summed E-state index contributed by atoms with van der Waals surface area (Å²) in [5.74, 6) is 2.45. The summed E-state index contributed by atoms with van der Waals surface area (Å²) >= 11 is 0. The minimum atomic E-state index is 0.512. The number of nitrogens with zero attached hydrogens (tertiary/aromatic N) is 4. The average molecular weight is 380 g/mol. The second-order valence-electron chi connectivity index (χ2n) is 6.45. The van der Waals surface area contributed by atoms with Gasteiger partial charge in [-0.15, -0.1) is 0 Å². The summed E-state index contributed by atoms with van der Waals surface area (Å²) in [6, 6.07) is 12.1. The van der Waals surface area contributed by atoms with Gasteiger partial charge in [0.05, 0.1) is 24.7 Å². The van der Waals surface area contributed by atoms with Crippen LogP contribution in [0.2, 0.25) is 0 Å². The van der Waals surface area contributed by atoms with Crippen molar-refractivity contribution in [2.75, 3.05) is 20.2 Å². The first-order valence-corrected chi connectivity index (χ1v) is 9.65. The van der Waals surface area contributed by atoms with Crippen LogP contribution >= 0.6 is 0 Å². The van der Waals surface area contributed by atoms with Gasteiger partial charge in [-0.2, -0.15) is 0 Å². The number of hydrogen-bond acceptors (Lipinski definition) is 4. The number of ether oxygens (including phenoxy) is 1. The van der Waals surface area contributed by atoms with Gasteiger partial charge in [-0.05, 0) is 38.5 Å². The molecule has 28 heavy (non-hydrogen) atoms. The lowest BCUT2D eigenvalue weighted by molar-refractivity contribution is 0.392. The molecule has 0 fully saturated rings. The standard InChI is InChI=1S/C21H28N6O/c1-4-22-21(25-15-17-9-7-12-23-20(17)28-3)24-13-8-14-27-16(2)26-18-10-5-6-11-19(18)27/h5-7,9-12H,4,8,13-15H2,1-3H3,(H2,22,24,25). The van der Waals surface area contributed by atoms with E-state index in [0.29, 0.717) is 12.4 Å². The van der Waals surface area contributed by atoms with E-state index in [4.69, 9.17) is 4.74 Å². The third kappa shape index (κ3) is 4.79. The molecule has 1 aromatic carbocycles. The molecule has 2 N–H and O–H groups in total. The van der Waals surface area contributed by atoms with Crippen molar-refractivity contribution < 1.29 is 4.74 Å².